The van der Waals surface area contributed by atoms with E-state index in [2.05, 4.69) is 57.0 Å². The van der Waals surface area contributed by atoms with Crippen molar-refractivity contribution >= 4 is 19.8 Å². The number of hydrogen-bond donors (Lipinski definition) is 0. The number of rotatable bonds is 4. The van der Waals surface area contributed by atoms with Crippen molar-refractivity contribution in [1.29, 1.82) is 0 Å². The molecule has 0 saturated carbocycles. The molecule has 2 aromatic rings. The quantitative estimate of drug-likeness (QED) is 0.551. The fraction of sp³-hybridized carbons (Fsp3) is 0.421. The van der Waals surface area contributed by atoms with Crippen LogP contribution in [0.3, 0.4) is 0 Å². The van der Waals surface area contributed by atoms with E-state index in [0.29, 0.717) is 0 Å². The number of aromatic nitrogens is 1. The van der Waals surface area contributed by atoms with Crippen molar-refractivity contribution in [1.82, 2.24) is 9.88 Å². The van der Waals surface area contributed by atoms with Crippen LogP contribution in [0.4, 0.5) is 0 Å². The molecule has 1 aliphatic heterocycles. The Morgan fingerprint density at radius 2 is 1.91 bits per heavy atom. The van der Waals surface area contributed by atoms with E-state index in [-0.39, 0.29) is 0 Å². The van der Waals surface area contributed by atoms with E-state index in [9.17, 15) is 0 Å². The molecule has 0 radical (unpaired) electrons. The normalized spacial score (nSPS) is 19.4. The van der Waals surface area contributed by atoms with E-state index < -0.39 is 19.8 Å². The minimum absolute atomic E-state index is 0.636. The number of likely N-dealkylation sites (tertiary alicyclic amines) is 1. The minimum atomic E-state index is -0.636. The van der Waals surface area contributed by atoms with Crippen LogP contribution in [0.1, 0.15) is 17.5 Å². The predicted molar refractivity (Wildman–Crippen MR) is 104 cm³/mol. The van der Waals surface area contributed by atoms with Crippen molar-refractivity contribution in [3.8, 4) is 11.1 Å². The van der Waals surface area contributed by atoms with Crippen molar-refractivity contribution in [3.63, 3.8) is 0 Å². The number of pyridine rings is 1. The Bertz CT molecular complexity index is 622. The van der Waals surface area contributed by atoms with Crippen LogP contribution in [-0.2, 0) is 6.54 Å². The van der Waals surface area contributed by atoms with Gasteiger partial charge in [0.1, 0.15) is 0 Å². The van der Waals surface area contributed by atoms with Gasteiger partial charge in [-0.3, -0.25) is 0 Å². The molecule has 1 atom stereocenters. The first-order chi connectivity index (χ1) is 10.6. The second-order valence-corrected chi connectivity index (χ2v) is 12.8. The van der Waals surface area contributed by atoms with Crippen molar-refractivity contribution in [2.75, 3.05) is 23.0 Å². The van der Waals surface area contributed by atoms with Gasteiger partial charge in [0.2, 0.25) is 0 Å². The summed E-state index contributed by atoms with van der Waals surface area (Å²) in [7, 11) is 0. The average Bonchev–Trinajstić information content (AvgIpc) is 2.97. The Hall–Kier alpha value is -0.940. The third-order valence-corrected chi connectivity index (χ3v) is 8.94. The van der Waals surface area contributed by atoms with Crippen LogP contribution < -0.4 is 0 Å². The summed E-state index contributed by atoms with van der Waals surface area (Å²) < 4.78 is 1.03. The third kappa shape index (κ3) is 3.87. The van der Waals surface area contributed by atoms with E-state index in [4.69, 9.17) is 0 Å². The number of benzene rings is 1. The summed E-state index contributed by atoms with van der Waals surface area (Å²) in [5.41, 5.74) is 5.11. The van der Waals surface area contributed by atoms with E-state index in [1.165, 1.54) is 41.8 Å². The van der Waals surface area contributed by atoms with Gasteiger partial charge in [0.25, 0.3) is 0 Å². The van der Waals surface area contributed by atoms with Gasteiger partial charge < -0.3 is 0 Å². The Balaban J connectivity index is 1.65. The molecule has 1 saturated heterocycles. The van der Waals surface area contributed by atoms with Crippen molar-refractivity contribution in [2.45, 2.75) is 23.8 Å². The molecule has 2 heterocycles. The maximum atomic E-state index is 4.29. The Morgan fingerprint density at radius 1 is 1.14 bits per heavy atom. The van der Waals surface area contributed by atoms with Crippen LogP contribution >= 0.6 is 19.8 Å². The fourth-order valence-electron chi connectivity index (χ4n) is 3.06. The van der Waals surface area contributed by atoms with E-state index in [1.807, 2.05) is 12.4 Å². The van der Waals surface area contributed by atoms with Gasteiger partial charge in [-0.05, 0) is 0 Å². The summed E-state index contributed by atoms with van der Waals surface area (Å²) in [5.74, 6) is 0. The van der Waals surface area contributed by atoms with Crippen LogP contribution in [0, 0.1) is 6.92 Å². The Kier molecular flexibility index (Phi) is 5.14. The standard InChI is InChI=1S/C19H25IN2/c1-15-10-18(12-21-11-15)17-6-4-16(5-7-17)13-22-9-8-19(14-22)20(2)3/h4-7,10-12,19H,8-9,13-14H2,1-3H3/t19-/m1/s1. The molecule has 0 amide bonds. The molecule has 0 spiro atoms. The van der Waals surface area contributed by atoms with Gasteiger partial charge in [-0.1, -0.05) is 0 Å². The second-order valence-electron chi connectivity index (χ2n) is 6.38. The number of aryl methyl sites for hydroxylation is 1. The SMILES string of the molecule is Cc1cncc(-c2ccc(CN3CC[C@@H](I(C)C)C3)cc2)c1. The van der Waals surface area contributed by atoms with Crippen LogP contribution in [0.15, 0.2) is 42.7 Å². The molecule has 0 aliphatic carbocycles. The molecule has 1 aromatic carbocycles. The summed E-state index contributed by atoms with van der Waals surface area (Å²) in [4.78, 5) is 11.9. The Morgan fingerprint density at radius 3 is 2.55 bits per heavy atom. The van der Waals surface area contributed by atoms with Gasteiger partial charge in [-0.2, -0.15) is 0 Å². The van der Waals surface area contributed by atoms with Crippen LogP contribution in [0.5, 0.6) is 0 Å². The van der Waals surface area contributed by atoms with Gasteiger partial charge in [-0.15, -0.1) is 0 Å². The molecule has 0 bridgehead atoms. The molecular formula is C19H25IN2. The van der Waals surface area contributed by atoms with Crippen molar-refractivity contribution in [2.24, 2.45) is 0 Å². The second kappa shape index (κ2) is 7.09. The maximum absolute atomic E-state index is 4.29. The number of alkyl halides is 3. The summed E-state index contributed by atoms with van der Waals surface area (Å²) in [5, 5.41) is 0. The zero-order chi connectivity index (χ0) is 15.5. The molecular weight excluding hydrogens is 383 g/mol. The van der Waals surface area contributed by atoms with Crippen molar-refractivity contribution in [3.05, 3.63) is 53.9 Å². The molecule has 22 heavy (non-hydrogen) atoms. The zero-order valence-corrected chi connectivity index (χ0v) is 15.9. The molecule has 0 N–H and O–H groups in total. The summed E-state index contributed by atoms with van der Waals surface area (Å²) >= 11 is -0.636. The fourth-order valence-corrected chi connectivity index (χ4v) is 5.93. The first-order valence-corrected chi connectivity index (χ1v) is 13.4. The summed E-state index contributed by atoms with van der Waals surface area (Å²) in [6.07, 6.45) is 5.27. The first-order valence-electron chi connectivity index (χ1n) is 7.84. The van der Waals surface area contributed by atoms with Crippen molar-refractivity contribution < 1.29 is 0 Å². The third-order valence-electron chi connectivity index (χ3n) is 4.40. The number of hydrogen-bond acceptors (Lipinski definition) is 2. The molecule has 1 fully saturated rings. The molecule has 3 rings (SSSR count). The van der Waals surface area contributed by atoms with Gasteiger partial charge in [-0.25, -0.2) is 0 Å². The van der Waals surface area contributed by atoms with E-state index in [1.54, 1.807) is 0 Å². The first kappa shape index (κ1) is 15.9. The topological polar surface area (TPSA) is 16.1 Å². The molecule has 3 heteroatoms. The molecule has 0 unspecified atom stereocenters. The molecule has 1 aromatic heterocycles. The molecule has 1 aliphatic rings. The summed E-state index contributed by atoms with van der Waals surface area (Å²) in [6.45, 7) is 5.80. The predicted octanol–water partition coefficient (Wildman–Crippen LogP) is 4.40. The molecule has 118 valence electrons. The van der Waals surface area contributed by atoms with Crippen LogP contribution in [0.25, 0.3) is 11.1 Å². The van der Waals surface area contributed by atoms with Gasteiger partial charge in [0, 0.05) is 0 Å². The van der Waals surface area contributed by atoms with Gasteiger partial charge in [0.15, 0.2) is 0 Å². The van der Waals surface area contributed by atoms with Gasteiger partial charge in [0.05, 0.1) is 0 Å². The van der Waals surface area contributed by atoms with Crippen LogP contribution in [0.2, 0.25) is 0 Å². The number of halogens is 1. The van der Waals surface area contributed by atoms with Crippen LogP contribution in [-0.4, -0.2) is 36.8 Å². The average molecular weight is 408 g/mol. The molecule has 2 nitrogen and oxygen atoms in total. The van der Waals surface area contributed by atoms with E-state index in [0.717, 1.165) is 10.5 Å². The van der Waals surface area contributed by atoms with E-state index >= 15 is 0 Å². The Labute approximate surface area is 141 Å². The monoisotopic (exact) mass is 408 g/mol. The zero-order valence-electron chi connectivity index (χ0n) is 13.7. The van der Waals surface area contributed by atoms with Gasteiger partial charge >= 0.3 is 141 Å². The number of nitrogens with zero attached hydrogens (tertiary/aromatic N) is 2. The summed E-state index contributed by atoms with van der Waals surface area (Å²) in [6, 6.07) is 11.2.